The monoisotopic (exact) mass is 312 g/mol. The Morgan fingerprint density at radius 2 is 2.05 bits per heavy atom. The molecular formula is C12H16N4O2S2. The van der Waals surface area contributed by atoms with Crippen LogP contribution in [-0.2, 0) is 16.6 Å². The second kappa shape index (κ2) is 5.39. The Balaban J connectivity index is 2.30. The third-order valence-electron chi connectivity index (χ3n) is 2.75. The van der Waals surface area contributed by atoms with Gasteiger partial charge in [-0.05, 0) is 25.1 Å². The summed E-state index contributed by atoms with van der Waals surface area (Å²) >= 11 is 1.57. The number of benzene rings is 1. The van der Waals surface area contributed by atoms with Gasteiger partial charge < -0.3 is 10.6 Å². The van der Waals surface area contributed by atoms with E-state index in [-0.39, 0.29) is 4.90 Å². The Hall–Kier alpha value is -1.64. The lowest BCUT2D eigenvalue weighted by Crippen LogP contribution is -2.18. The van der Waals surface area contributed by atoms with Gasteiger partial charge in [0.15, 0.2) is 0 Å². The van der Waals surface area contributed by atoms with Crippen molar-refractivity contribution in [3.8, 4) is 0 Å². The molecule has 0 aliphatic carbocycles. The van der Waals surface area contributed by atoms with E-state index in [9.17, 15) is 8.42 Å². The molecule has 0 atom stereocenters. The topological polar surface area (TPSA) is 102 Å². The number of primary sulfonamides is 1. The lowest BCUT2D eigenvalue weighted by Gasteiger charge is -2.19. The molecule has 0 saturated heterocycles. The van der Waals surface area contributed by atoms with Crippen LogP contribution in [0, 0.1) is 6.92 Å². The Kier molecular flexibility index (Phi) is 3.98. The number of aromatic nitrogens is 1. The maximum atomic E-state index is 11.4. The van der Waals surface area contributed by atoms with Gasteiger partial charge in [-0.3, -0.25) is 0 Å². The summed E-state index contributed by atoms with van der Waals surface area (Å²) < 4.78 is 22.8. The highest BCUT2D eigenvalue weighted by Crippen LogP contribution is 2.23. The smallest absolute Gasteiger partial charge is 0.238 e. The number of nitrogen functional groups attached to an aromatic ring is 1. The second-order valence-corrected chi connectivity index (χ2v) is 7.14. The molecule has 1 heterocycles. The SMILES string of the molecule is Cc1nc(CN(C)c2cc(N)cc(S(N)(=O)=O)c2)cs1. The first-order valence-electron chi connectivity index (χ1n) is 5.81. The summed E-state index contributed by atoms with van der Waals surface area (Å²) in [7, 11) is -1.93. The minimum atomic E-state index is -3.77. The second-order valence-electron chi connectivity index (χ2n) is 4.52. The predicted octanol–water partition coefficient (Wildman–Crippen LogP) is 1.32. The normalized spacial score (nSPS) is 11.6. The molecule has 20 heavy (non-hydrogen) atoms. The molecule has 108 valence electrons. The van der Waals surface area contributed by atoms with E-state index >= 15 is 0 Å². The van der Waals surface area contributed by atoms with Gasteiger partial charge in [0.25, 0.3) is 0 Å². The zero-order chi connectivity index (χ0) is 14.9. The Morgan fingerprint density at radius 3 is 2.60 bits per heavy atom. The molecule has 0 amide bonds. The lowest BCUT2D eigenvalue weighted by atomic mass is 10.2. The zero-order valence-corrected chi connectivity index (χ0v) is 12.8. The van der Waals surface area contributed by atoms with Gasteiger partial charge in [0.05, 0.1) is 22.1 Å². The van der Waals surface area contributed by atoms with E-state index in [1.54, 1.807) is 17.4 Å². The molecule has 0 aliphatic heterocycles. The van der Waals surface area contributed by atoms with Crippen molar-refractivity contribution < 1.29 is 8.42 Å². The first-order chi connectivity index (χ1) is 9.25. The van der Waals surface area contributed by atoms with Crippen LogP contribution in [0.2, 0.25) is 0 Å². The fourth-order valence-corrected chi connectivity index (χ4v) is 2.99. The van der Waals surface area contributed by atoms with Gasteiger partial charge in [0.2, 0.25) is 10.0 Å². The van der Waals surface area contributed by atoms with Crippen molar-refractivity contribution >= 4 is 32.7 Å². The molecular weight excluding hydrogens is 296 g/mol. The van der Waals surface area contributed by atoms with Crippen LogP contribution in [0.25, 0.3) is 0 Å². The minimum absolute atomic E-state index is 0.00816. The Bertz CT molecular complexity index is 725. The zero-order valence-electron chi connectivity index (χ0n) is 11.2. The van der Waals surface area contributed by atoms with E-state index in [1.165, 1.54) is 12.1 Å². The van der Waals surface area contributed by atoms with Crippen molar-refractivity contribution in [1.82, 2.24) is 4.98 Å². The fraction of sp³-hybridized carbons (Fsp3) is 0.250. The number of nitrogens with zero attached hydrogens (tertiary/aromatic N) is 2. The van der Waals surface area contributed by atoms with E-state index < -0.39 is 10.0 Å². The Morgan fingerprint density at radius 1 is 1.35 bits per heavy atom. The highest BCUT2D eigenvalue weighted by molar-refractivity contribution is 7.89. The number of aryl methyl sites for hydroxylation is 1. The molecule has 4 N–H and O–H groups in total. The maximum absolute atomic E-state index is 11.4. The van der Waals surface area contributed by atoms with Crippen molar-refractivity contribution in [2.45, 2.75) is 18.4 Å². The summed E-state index contributed by atoms with van der Waals surface area (Å²) in [6.45, 7) is 2.51. The van der Waals surface area contributed by atoms with Gasteiger partial charge in [-0.15, -0.1) is 11.3 Å². The summed E-state index contributed by atoms with van der Waals surface area (Å²) in [6, 6.07) is 4.55. The lowest BCUT2D eigenvalue weighted by molar-refractivity contribution is 0.598. The number of hydrogen-bond donors (Lipinski definition) is 2. The molecule has 2 aromatic rings. The van der Waals surface area contributed by atoms with Gasteiger partial charge in [-0.1, -0.05) is 0 Å². The number of anilines is 2. The average Bonchev–Trinajstić information content (AvgIpc) is 2.72. The summed E-state index contributed by atoms with van der Waals surface area (Å²) in [6.07, 6.45) is 0. The first kappa shape index (κ1) is 14.8. The van der Waals surface area contributed by atoms with Crippen molar-refractivity contribution in [3.63, 3.8) is 0 Å². The van der Waals surface area contributed by atoms with Crippen LogP contribution in [0.4, 0.5) is 11.4 Å². The summed E-state index contributed by atoms with van der Waals surface area (Å²) in [5.41, 5.74) is 7.69. The minimum Gasteiger partial charge on any atom is -0.399 e. The van der Waals surface area contributed by atoms with Crippen LogP contribution in [0.1, 0.15) is 10.7 Å². The molecule has 6 nitrogen and oxygen atoms in total. The number of rotatable bonds is 4. The molecule has 0 bridgehead atoms. The number of nitrogens with two attached hydrogens (primary N) is 2. The summed E-state index contributed by atoms with van der Waals surface area (Å²) in [5, 5.41) is 8.10. The van der Waals surface area contributed by atoms with Gasteiger partial charge in [-0.25, -0.2) is 18.5 Å². The van der Waals surface area contributed by atoms with Crippen molar-refractivity contribution in [2.24, 2.45) is 5.14 Å². The molecule has 2 rings (SSSR count). The standard InChI is InChI=1S/C12H16N4O2S2/c1-8-15-10(7-19-8)6-16(2)11-3-9(13)4-12(5-11)20(14,17)18/h3-5,7H,6,13H2,1-2H3,(H2,14,17,18). The van der Waals surface area contributed by atoms with E-state index in [0.29, 0.717) is 17.9 Å². The van der Waals surface area contributed by atoms with E-state index in [2.05, 4.69) is 4.98 Å². The number of sulfonamides is 1. The van der Waals surface area contributed by atoms with E-state index in [0.717, 1.165) is 10.7 Å². The summed E-state index contributed by atoms with van der Waals surface area (Å²) in [4.78, 5) is 6.26. The van der Waals surface area contributed by atoms with E-state index in [4.69, 9.17) is 10.9 Å². The molecule has 8 heteroatoms. The van der Waals surface area contributed by atoms with Gasteiger partial charge >= 0.3 is 0 Å². The maximum Gasteiger partial charge on any atom is 0.238 e. The number of thiazole rings is 1. The molecule has 1 aromatic carbocycles. The van der Waals surface area contributed by atoms with Crippen LogP contribution in [-0.4, -0.2) is 20.4 Å². The van der Waals surface area contributed by atoms with Gasteiger partial charge in [0.1, 0.15) is 0 Å². The third-order valence-corrected chi connectivity index (χ3v) is 4.46. The third kappa shape index (κ3) is 3.47. The van der Waals surface area contributed by atoms with E-state index in [1.807, 2.05) is 24.3 Å². The Labute approximate surface area is 122 Å². The predicted molar refractivity (Wildman–Crippen MR) is 81.2 cm³/mol. The molecule has 0 spiro atoms. The van der Waals surface area contributed by atoms with Crippen molar-refractivity contribution in [2.75, 3.05) is 17.7 Å². The molecule has 0 saturated carbocycles. The molecule has 0 unspecified atom stereocenters. The van der Waals surface area contributed by atoms with Crippen molar-refractivity contribution in [3.05, 3.63) is 34.3 Å². The largest absolute Gasteiger partial charge is 0.399 e. The summed E-state index contributed by atoms with van der Waals surface area (Å²) in [5.74, 6) is 0. The fourth-order valence-electron chi connectivity index (χ4n) is 1.81. The van der Waals surface area contributed by atoms with Crippen molar-refractivity contribution in [1.29, 1.82) is 0 Å². The van der Waals surface area contributed by atoms with Gasteiger partial charge in [0, 0.05) is 23.8 Å². The number of hydrogen-bond acceptors (Lipinski definition) is 6. The molecule has 1 aromatic heterocycles. The first-order valence-corrected chi connectivity index (χ1v) is 8.24. The van der Waals surface area contributed by atoms with Crippen LogP contribution in [0.15, 0.2) is 28.5 Å². The quantitative estimate of drug-likeness (QED) is 0.829. The van der Waals surface area contributed by atoms with Gasteiger partial charge in [-0.2, -0.15) is 0 Å². The molecule has 0 radical (unpaired) electrons. The van der Waals surface area contributed by atoms with Crippen LogP contribution >= 0.6 is 11.3 Å². The highest BCUT2D eigenvalue weighted by atomic mass is 32.2. The van der Waals surface area contributed by atoms with Crippen LogP contribution < -0.4 is 15.8 Å². The molecule has 0 fully saturated rings. The highest BCUT2D eigenvalue weighted by Gasteiger charge is 2.12. The van der Waals surface area contributed by atoms with Crippen LogP contribution in [0.3, 0.4) is 0 Å². The average molecular weight is 312 g/mol. The molecule has 0 aliphatic rings. The van der Waals surface area contributed by atoms with Crippen LogP contribution in [0.5, 0.6) is 0 Å².